The zero-order chi connectivity index (χ0) is 21.8. The largest absolute Gasteiger partial charge is 0.459 e. The Balaban J connectivity index is 1.18. The molecule has 2 aliphatic rings. The molecule has 1 saturated heterocycles. The number of furan rings is 1. The van der Waals surface area contributed by atoms with Crippen LogP contribution in [-0.2, 0) is 0 Å². The molecule has 2 aromatic rings. The average molecular weight is 464 g/mol. The number of rotatable bonds is 6. The van der Waals surface area contributed by atoms with E-state index >= 15 is 0 Å². The Labute approximate surface area is 194 Å². The van der Waals surface area contributed by atoms with Crippen molar-refractivity contribution in [2.75, 3.05) is 37.6 Å². The lowest BCUT2D eigenvalue weighted by Gasteiger charge is -2.40. The van der Waals surface area contributed by atoms with E-state index in [1.807, 2.05) is 18.2 Å². The Morgan fingerprint density at radius 1 is 1.13 bits per heavy atom. The van der Waals surface area contributed by atoms with Gasteiger partial charge in [0.15, 0.2) is 5.76 Å². The van der Waals surface area contributed by atoms with Gasteiger partial charge >= 0.3 is 0 Å². The summed E-state index contributed by atoms with van der Waals surface area (Å²) >= 11 is 12.6. The molecule has 1 N–H and O–H groups in total. The molecule has 0 spiro atoms. The molecule has 1 aliphatic carbocycles. The molecule has 1 amide bonds. The number of amides is 1. The molecule has 0 bridgehead atoms. The highest BCUT2D eigenvalue weighted by Gasteiger charge is 2.33. The monoisotopic (exact) mass is 463 g/mol. The summed E-state index contributed by atoms with van der Waals surface area (Å²) in [7, 11) is 0. The topological polar surface area (TPSA) is 48.7 Å². The molecule has 1 aromatic carbocycles. The fourth-order valence-corrected chi connectivity index (χ4v) is 5.20. The minimum atomic E-state index is -0.137. The maximum absolute atomic E-state index is 12.3. The van der Waals surface area contributed by atoms with Gasteiger partial charge in [-0.2, -0.15) is 0 Å². The second-order valence-electron chi connectivity index (χ2n) is 9.13. The number of carbonyl (C=O) groups excluding carboxylic acids is 1. The first kappa shape index (κ1) is 22.5. The van der Waals surface area contributed by atoms with E-state index in [0.29, 0.717) is 15.8 Å². The van der Waals surface area contributed by atoms with E-state index in [0.717, 1.165) is 70.0 Å². The third kappa shape index (κ3) is 5.57. The van der Waals surface area contributed by atoms with Gasteiger partial charge in [0, 0.05) is 31.7 Å². The first-order valence-electron chi connectivity index (χ1n) is 11.2. The molecule has 31 heavy (non-hydrogen) atoms. The van der Waals surface area contributed by atoms with E-state index in [-0.39, 0.29) is 11.4 Å². The molecule has 2 fully saturated rings. The lowest BCUT2D eigenvalue weighted by atomic mass is 9.76. The summed E-state index contributed by atoms with van der Waals surface area (Å²) < 4.78 is 5.22. The third-order valence-electron chi connectivity index (χ3n) is 6.87. The molecule has 4 rings (SSSR count). The van der Waals surface area contributed by atoms with Crippen molar-refractivity contribution < 1.29 is 9.21 Å². The van der Waals surface area contributed by atoms with Crippen molar-refractivity contribution >= 4 is 34.8 Å². The summed E-state index contributed by atoms with van der Waals surface area (Å²) in [5.41, 5.74) is 0.902. The number of nitrogens with zero attached hydrogens (tertiary/aromatic N) is 2. The van der Waals surface area contributed by atoms with E-state index in [1.54, 1.807) is 12.1 Å². The summed E-state index contributed by atoms with van der Waals surface area (Å²) in [6, 6.07) is 9.31. The molecule has 2 heterocycles. The number of halogens is 2. The van der Waals surface area contributed by atoms with Crippen molar-refractivity contribution in [1.82, 2.24) is 10.2 Å². The van der Waals surface area contributed by atoms with Gasteiger partial charge in [0.1, 0.15) is 0 Å². The standard InChI is InChI=1S/C24H31Cl2N3O2/c1-24(27-23(30)21-6-3-17-31-21)10-7-18(8-11-24)9-12-28-13-15-29(16-14-28)20-5-2-4-19(25)22(20)26/h2-6,17-18H,7-16H2,1H3,(H,27,30). The van der Waals surface area contributed by atoms with E-state index < -0.39 is 0 Å². The Kier molecular flexibility index (Phi) is 7.15. The van der Waals surface area contributed by atoms with Crippen molar-refractivity contribution in [1.29, 1.82) is 0 Å². The number of anilines is 1. The van der Waals surface area contributed by atoms with E-state index in [9.17, 15) is 4.79 Å². The van der Waals surface area contributed by atoms with Gasteiger partial charge in [-0.15, -0.1) is 0 Å². The van der Waals surface area contributed by atoms with Crippen LogP contribution in [0.3, 0.4) is 0 Å². The SMILES string of the molecule is CC1(NC(=O)c2ccco2)CCC(CCN2CCN(c3cccc(Cl)c3Cl)CC2)CC1. The summed E-state index contributed by atoms with van der Waals surface area (Å²) in [6.45, 7) is 7.34. The average Bonchev–Trinajstić information content (AvgIpc) is 3.31. The number of benzene rings is 1. The van der Waals surface area contributed by atoms with Gasteiger partial charge in [0.05, 0.1) is 22.0 Å². The Morgan fingerprint density at radius 2 is 1.87 bits per heavy atom. The predicted molar refractivity (Wildman–Crippen MR) is 126 cm³/mol. The van der Waals surface area contributed by atoms with E-state index in [1.165, 1.54) is 12.7 Å². The Morgan fingerprint density at radius 3 is 2.55 bits per heavy atom. The third-order valence-corrected chi connectivity index (χ3v) is 7.68. The highest BCUT2D eigenvalue weighted by Crippen LogP contribution is 2.35. The second-order valence-corrected chi connectivity index (χ2v) is 9.91. The van der Waals surface area contributed by atoms with Crippen LogP contribution in [0.15, 0.2) is 41.0 Å². The lowest BCUT2D eigenvalue weighted by Crippen LogP contribution is -2.49. The van der Waals surface area contributed by atoms with Crippen LogP contribution in [0.1, 0.15) is 49.6 Å². The van der Waals surface area contributed by atoms with Crippen molar-refractivity contribution in [2.45, 2.75) is 44.6 Å². The quantitative estimate of drug-likeness (QED) is 0.616. The van der Waals surface area contributed by atoms with Crippen LogP contribution in [-0.4, -0.2) is 49.1 Å². The minimum absolute atomic E-state index is 0.108. The smallest absolute Gasteiger partial charge is 0.287 e. The highest BCUT2D eigenvalue weighted by atomic mass is 35.5. The molecular weight excluding hydrogens is 433 g/mol. The predicted octanol–water partition coefficient (Wildman–Crippen LogP) is 5.48. The van der Waals surface area contributed by atoms with Gasteiger partial charge in [-0.3, -0.25) is 9.69 Å². The second kappa shape index (κ2) is 9.85. The Hall–Kier alpha value is -1.69. The molecular formula is C24H31Cl2N3O2. The van der Waals surface area contributed by atoms with Crippen LogP contribution in [0.25, 0.3) is 0 Å². The van der Waals surface area contributed by atoms with Crippen molar-refractivity contribution in [3.63, 3.8) is 0 Å². The number of hydrogen-bond donors (Lipinski definition) is 1. The van der Waals surface area contributed by atoms with Crippen molar-refractivity contribution in [3.05, 3.63) is 52.4 Å². The van der Waals surface area contributed by atoms with Gasteiger partial charge < -0.3 is 14.6 Å². The summed E-state index contributed by atoms with van der Waals surface area (Å²) in [5, 5.41) is 4.46. The van der Waals surface area contributed by atoms with Gasteiger partial charge in [-0.1, -0.05) is 29.3 Å². The highest BCUT2D eigenvalue weighted by molar-refractivity contribution is 6.43. The molecule has 1 saturated carbocycles. The zero-order valence-electron chi connectivity index (χ0n) is 18.1. The number of hydrogen-bond acceptors (Lipinski definition) is 4. The molecule has 1 aromatic heterocycles. The Bertz CT molecular complexity index is 871. The number of nitrogens with one attached hydrogen (secondary N) is 1. The zero-order valence-corrected chi connectivity index (χ0v) is 19.6. The maximum Gasteiger partial charge on any atom is 0.287 e. The van der Waals surface area contributed by atoms with Crippen LogP contribution in [0.4, 0.5) is 5.69 Å². The van der Waals surface area contributed by atoms with Crippen LogP contribution in [0.2, 0.25) is 10.0 Å². The molecule has 5 nitrogen and oxygen atoms in total. The fraction of sp³-hybridized carbons (Fsp3) is 0.542. The van der Waals surface area contributed by atoms with Gasteiger partial charge in [-0.25, -0.2) is 0 Å². The van der Waals surface area contributed by atoms with Gasteiger partial charge in [0.25, 0.3) is 5.91 Å². The first-order chi connectivity index (χ1) is 14.9. The maximum atomic E-state index is 12.3. The first-order valence-corrected chi connectivity index (χ1v) is 12.0. The van der Waals surface area contributed by atoms with E-state index in [4.69, 9.17) is 27.6 Å². The van der Waals surface area contributed by atoms with Crippen LogP contribution in [0.5, 0.6) is 0 Å². The molecule has 0 unspecified atom stereocenters. The molecule has 0 radical (unpaired) electrons. The number of carbonyl (C=O) groups is 1. The summed E-state index contributed by atoms with van der Waals surface area (Å²) in [6.07, 6.45) is 7.12. The van der Waals surface area contributed by atoms with Crippen LogP contribution >= 0.6 is 23.2 Å². The van der Waals surface area contributed by atoms with Crippen molar-refractivity contribution in [2.24, 2.45) is 5.92 Å². The molecule has 0 atom stereocenters. The van der Waals surface area contributed by atoms with Crippen LogP contribution < -0.4 is 10.2 Å². The molecule has 1 aliphatic heterocycles. The van der Waals surface area contributed by atoms with Gasteiger partial charge in [0.2, 0.25) is 0 Å². The fourth-order valence-electron chi connectivity index (χ4n) is 4.79. The minimum Gasteiger partial charge on any atom is -0.459 e. The van der Waals surface area contributed by atoms with Crippen LogP contribution in [0, 0.1) is 5.92 Å². The summed E-state index contributed by atoms with van der Waals surface area (Å²) in [5.74, 6) is 1.01. The number of piperazine rings is 1. The normalized spacial score (nSPS) is 24.9. The molecule has 7 heteroatoms. The van der Waals surface area contributed by atoms with E-state index in [2.05, 4.69) is 22.0 Å². The van der Waals surface area contributed by atoms with Gasteiger partial charge in [-0.05, 0) is 75.8 Å². The lowest BCUT2D eigenvalue weighted by molar-refractivity contribution is 0.0832. The summed E-state index contributed by atoms with van der Waals surface area (Å²) in [4.78, 5) is 17.2. The molecule has 168 valence electrons. The van der Waals surface area contributed by atoms with Crippen molar-refractivity contribution in [3.8, 4) is 0 Å².